The lowest BCUT2D eigenvalue weighted by atomic mass is 9.85. The summed E-state index contributed by atoms with van der Waals surface area (Å²) in [7, 11) is 0. The lowest BCUT2D eigenvalue weighted by Crippen LogP contribution is -2.48. The molecule has 0 radical (unpaired) electrons. The van der Waals surface area contributed by atoms with Crippen LogP contribution in [-0.2, 0) is 20.9 Å². The summed E-state index contributed by atoms with van der Waals surface area (Å²) in [6.07, 6.45) is 5.06. The molecule has 28 heavy (non-hydrogen) atoms. The average Bonchev–Trinajstić information content (AvgIpc) is 3.33. The van der Waals surface area contributed by atoms with Crippen LogP contribution in [0, 0.1) is 23.7 Å². The molecule has 0 spiro atoms. The number of allylic oxidation sites excluding steroid dienone is 2. The van der Waals surface area contributed by atoms with Gasteiger partial charge in [-0.25, -0.2) is 0 Å². The maximum absolute atomic E-state index is 12.8. The van der Waals surface area contributed by atoms with Gasteiger partial charge in [-0.1, -0.05) is 24.3 Å². The summed E-state index contributed by atoms with van der Waals surface area (Å²) in [5, 5.41) is 2.84. The number of carbonyl (C=O) groups excluding carboxylic acids is 3. The number of imide groups is 1. The molecule has 4 rings (SSSR count). The van der Waals surface area contributed by atoms with Gasteiger partial charge in [-0.15, -0.1) is 0 Å². The fourth-order valence-corrected chi connectivity index (χ4v) is 4.76. The first kappa shape index (κ1) is 18.7. The molecular weight excluding hydrogens is 356 g/mol. The van der Waals surface area contributed by atoms with Crippen LogP contribution in [-0.4, -0.2) is 34.8 Å². The molecule has 3 aliphatic rings. The summed E-state index contributed by atoms with van der Waals surface area (Å²) in [4.78, 5) is 39.5. The molecule has 6 heteroatoms. The second-order valence-electron chi connectivity index (χ2n) is 8.25. The van der Waals surface area contributed by atoms with Crippen LogP contribution in [0.4, 0.5) is 0 Å². The molecule has 3 amide bonds. The molecule has 2 fully saturated rings. The Labute approximate surface area is 164 Å². The zero-order valence-electron chi connectivity index (χ0n) is 16.4. The first-order valence-corrected chi connectivity index (χ1v) is 9.95. The van der Waals surface area contributed by atoms with E-state index in [1.165, 1.54) is 4.90 Å². The summed E-state index contributed by atoms with van der Waals surface area (Å²) in [5.41, 5.74) is 0.900. The van der Waals surface area contributed by atoms with Crippen LogP contribution >= 0.6 is 0 Å². The van der Waals surface area contributed by atoms with Crippen LogP contribution in [0.2, 0.25) is 0 Å². The van der Waals surface area contributed by atoms with E-state index in [-0.39, 0.29) is 47.5 Å². The number of amides is 3. The predicted octanol–water partition coefficient (Wildman–Crippen LogP) is 2.29. The van der Waals surface area contributed by atoms with E-state index in [9.17, 15) is 14.4 Å². The molecular formula is C22H26N2O4. The van der Waals surface area contributed by atoms with Crippen molar-refractivity contribution in [3.05, 3.63) is 42.0 Å². The number of hydrogen-bond acceptors (Lipinski definition) is 4. The number of carbonyl (C=O) groups is 3. The number of nitrogens with zero attached hydrogens (tertiary/aromatic N) is 1. The van der Waals surface area contributed by atoms with Crippen LogP contribution in [0.3, 0.4) is 0 Å². The molecule has 2 aliphatic carbocycles. The van der Waals surface area contributed by atoms with Gasteiger partial charge in [-0.05, 0) is 56.7 Å². The van der Waals surface area contributed by atoms with E-state index in [0.29, 0.717) is 6.54 Å². The Kier molecular flexibility index (Phi) is 4.73. The zero-order valence-corrected chi connectivity index (χ0v) is 16.4. The van der Waals surface area contributed by atoms with E-state index in [4.69, 9.17) is 4.74 Å². The van der Waals surface area contributed by atoms with Crippen LogP contribution in [0.25, 0.3) is 0 Å². The Morgan fingerprint density at radius 3 is 2.39 bits per heavy atom. The van der Waals surface area contributed by atoms with Gasteiger partial charge in [0.25, 0.3) is 0 Å². The number of benzene rings is 1. The maximum Gasteiger partial charge on any atom is 0.243 e. The first-order chi connectivity index (χ1) is 13.4. The van der Waals surface area contributed by atoms with Gasteiger partial charge in [0.2, 0.25) is 17.7 Å². The molecule has 2 bridgehead atoms. The Morgan fingerprint density at radius 2 is 1.79 bits per heavy atom. The van der Waals surface area contributed by atoms with Gasteiger partial charge in [-0.2, -0.15) is 0 Å². The highest BCUT2D eigenvalue weighted by Crippen LogP contribution is 2.52. The normalized spacial score (nSPS) is 28.8. The minimum Gasteiger partial charge on any atom is -0.491 e. The summed E-state index contributed by atoms with van der Waals surface area (Å²) in [5.74, 6) is -0.215. The van der Waals surface area contributed by atoms with Crippen LogP contribution < -0.4 is 10.1 Å². The number of fused-ring (bicyclic) bond motifs is 5. The third-order valence-electron chi connectivity index (χ3n) is 6.01. The topological polar surface area (TPSA) is 75.7 Å². The average molecular weight is 382 g/mol. The standard InChI is InChI=1S/C22H26N2O4/c1-12(2)28-17-6-4-5-14(9-17)11-23-20(25)13(3)24-21(26)18-15-7-8-16(10-15)19(18)22(24)27/h4-9,12-13,15-16,18-19H,10-11H2,1-3H3,(H,23,25)/t13-,15-,16-,18-,19-/m0/s1. The summed E-state index contributed by atoms with van der Waals surface area (Å²) in [6, 6.07) is 6.72. The van der Waals surface area contributed by atoms with E-state index >= 15 is 0 Å². The second kappa shape index (κ2) is 7.08. The molecule has 0 unspecified atom stereocenters. The van der Waals surface area contributed by atoms with Crippen molar-refractivity contribution in [3.63, 3.8) is 0 Å². The third-order valence-corrected chi connectivity index (χ3v) is 6.01. The molecule has 1 aromatic carbocycles. The Morgan fingerprint density at radius 1 is 1.14 bits per heavy atom. The lowest BCUT2D eigenvalue weighted by molar-refractivity contribution is -0.148. The van der Waals surface area contributed by atoms with Gasteiger partial charge in [0, 0.05) is 6.54 Å². The van der Waals surface area contributed by atoms with E-state index < -0.39 is 6.04 Å². The fraction of sp³-hybridized carbons (Fsp3) is 0.500. The Hall–Kier alpha value is -2.63. The SMILES string of the molecule is CC(C)Oc1cccc(CNC(=O)[C@H](C)N2C(=O)[C@@H]3[C@@H](C2=O)[C@H]2C=C[C@H]3C2)c1. The molecule has 1 aliphatic heterocycles. The monoisotopic (exact) mass is 382 g/mol. The van der Waals surface area contributed by atoms with Crippen molar-refractivity contribution in [1.29, 1.82) is 0 Å². The minimum atomic E-state index is -0.805. The first-order valence-electron chi connectivity index (χ1n) is 9.95. The number of hydrogen-bond donors (Lipinski definition) is 1. The number of ether oxygens (including phenoxy) is 1. The smallest absolute Gasteiger partial charge is 0.243 e. The summed E-state index contributed by atoms with van der Waals surface area (Å²) < 4.78 is 5.67. The van der Waals surface area contributed by atoms with Crippen molar-refractivity contribution < 1.29 is 19.1 Å². The maximum atomic E-state index is 12.8. The van der Waals surface area contributed by atoms with E-state index in [2.05, 4.69) is 17.5 Å². The Balaban J connectivity index is 1.39. The molecule has 1 N–H and O–H groups in total. The zero-order chi connectivity index (χ0) is 20.0. The van der Waals surface area contributed by atoms with Gasteiger partial charge in [0.05, 0.1) is 17.9 Å². The largest absolute Gasteiger partial charge is 0.491 e. The van der Waals surface area contributed by atoms with Crippen LogP contribution in [0.1, 0.15) is 32.8 Å². The molecule has 1 heterocycles. The molecule has 148 valence electrons. The quantitative estimate of drug-likeness (QED) is 0.605. The van der Waals surface area contributed by atoms with Gasteiger partial charge in [0.15, 0.2) is 0 Å². The highest BCUT2D eigenvalue weighted by molar-refractivity contribution is 6.09. The molecule has 1 aromatic rings. The molecule has 1 saturated heterocycles. The van der Waals surface area contributed by atoms with E-state index in [1.54, 1.807) is 6.92 Å². The number of likely N-dealkylation sites (tertiary alicyclic amines) is 1. The van der Waals surface area contributed by atoms with Gasteiger partial charge in [0.1, 0.15) is 11.8 Å². The predicted molar refractivity (Wildman–Crippen MR) is 103 cm³/mol. The van der Waals surface area contributed by atoms with Crippen LogP contribution in [0.15, 0.2) is 36.4 Å². The van der Waals surface area contributed by atoms with Gasteiger partial charge >= 0.3 is 0 Å². The van der Waals surface area contributed by atoms with Crippen LogP contribution in [0.5, 0.6) is 5.75 Å². The highest BCUT2D eigenvalue weighted by atomic mass is 16.5. The molecule has 1 saturated carbocycles. The molecule has 6 nitrogen and oxygen atoms in total. The fourth-order valence-electron chi connectivity index (χ4n) is 4.76. The van der Waals surface area contributed by atoms with Crippen molar-refractivity contribution in [2.75, 3.05) is 0 Å². The number of rotatable bonds is 6. The summed E-state index contributed by atoms with van der Waals surface area (Å²) >= 11 is 0. The van der Waals surface area contributed by atoms with E-state index in [0.717, 1.165) is 17.7 Å². The molecule has 5 atom stereocenters. The van der Waals surface area contributed by atoms with Gasteiger partial charge in [-0.3, -0.25) is 19.3 Å². The minimum absolute atomic E-state index is 0.0706. The number of nitrogens with one attached hydrogen (secondary N) is 1. The summed E-state index contributed by atoms with van der Waals surface area (Å²) in [6.45, 7) is 5.85. The third kappa shape index (κ3) is 3.11. The van der Waals surface area contributed by atoms with Crippen molar-refractivity contribution in [2.24, 2.45) is 23.7 Å². The Bertz CT molecular complexity index is 817. The highest BCUT2D eigenvalue weighted by Gasteiger charge is 2.60. The van der Waals surface area contributed by atoms with Crippen molar-refractivity contribution in [3.8, 4) is 5.75 Å². The van der Waals surface area contributed by atoms with Crippen molar-refractivity contribution >= 4 is 17.7 Å². The van der Waals surface area contributed by atoms with Gasteiger partial charge < -0.3 is 10.1 Å². The molecule has 0 aromatic heterocycles. The van der Waals surface area contributed by atoms with Crippen molar-refractivity contribution in [2.45, 2.75) is 45.9 Å². The second-order valence-corrected chi connectivity index (χ2v) is 8.25. The van der Waals surface area contributed by atoms with Crippen molar-refractivity contribution in [1.82, 2.24) is 10.2 Å². The van der Waals surface area contributed by atoms with E-state index in [1.807, 2.05) is 38.1 Å². The lowest BCUT2D eigenvalue weighted by Gasteiger charge is -2.24.